The van der Waals surface area contributed by atoms with E-state index in [0.29, 0.717) is 0 Å². The lowest BCUT2D eigenvalue weighted by molar-refractivity contribution is 0.637. The van der Waals surface area contributed by atoms with Crippen LogP contribution in [0.3, 0.4) is 0 Å². The molecule has 0 rings (SSSR count). The average molecular weight is 142 g/mol. The second kappa shape index (κ2) is 5.45. The molecule has 0 amide bonds. The summed E-state index contributed by atoms with van der Waals surface area (Å²) in [5.74, 6) is 0. The SMILES string of the molecule is C=C(CC)C(N)CCCN. The zero-order chi connectivity index (χ0) is 7.98. The van der Waals surface area contributed by atoms with E-state index in [1.54, 1.807) is 0 Å². The second-order valence-corrected chi connectivity index (χ2v) is 2.55. The van der Waals surface area contributed by atoms with Gasteiger partial charge in [0.05, 0.1) is 0 Å². The molecular weight excluding hydrogens is 124 g/mol. The van der Waals surface area contributed by atoms with Crippen molar-refractivity contribution in [1.29, 1.82) is 0 Å². The van der Waals surface area contributed by atoms with E-state index in [-0.39, 0.29) is 6.04 Å². The molecule has 1 atom stereocenters. The van der Waals surface area contributed by atoms with Crippen LogP contribution < -0.4 is 11.5 Å². The summed E-state index contributed by atoms with van der Waals surface area (Å²) in [6.07, 6.45) is 2.95. The fraction of sp³-hybridized carbons (Fsp3) is 0.750. The van der Waals surface area contributed by atoms with E-state index in [4.69, 9.17) is 11.5 Å². The lowest BCUT2D eigenvalue weighted by Gasteiger charge is -2.11. The van der Waals surface area contributed by atoms with Crippen molar-refractivity contribution < 1.29 is 0 Å². The third-order valence-corrected chi connectivity index (χ3v) is 1.70. The van der Waals surface area contributed by atoms with Crippen LogP contribution in [0.25, 0.3) is 0 Å². The quantitative estimate of drug-likeness (QED) is 0.563. The Bertz CT molecular complexity index is 99.4. The van der Waals surface area contributed by atoms with Crippen LogP contribution in [0.4, 0.5) is 0 Å². The molecule has 0 fully saturated rings. The summed E-state index contributed by atoms with van der Waals surface area (Å²) in [6.45, 7) is 6.66. The summed E-state index contributed by atoms with van der Waals surface area (Å²) >= 11 is 0. The van der Waals surface area contributed by atoms with Crippen molar-refractivity contribution in [2.45, 2.75) is 32.2 Å². The van der Waals surface area contributed by atoms with E-state index in [2.05, 4.69) is 13.5 Å². The highest BCUT2D eigenvalue weighted by Gasteiger charge is 2.02. The molecule has 0 aliphatic carbocycles. The van der Waals surface area contributed by atoms with Gasteiger partial charge in [0.1, 0.15) is 0 Å². The van der Waals surface area contributed by atoms with Crippen molar-refractivity contribution in [1.82, 2.24) is 0 Å². The van der Waals surface area contributed by atoms with Gasteiger partial charge in [0, 0.05) is 6.04 Å². The van der Waals surface area contributed by atoms with Crippen LogP contribution in [0, 0.1) is 0 Å². The first kappa shape index (κ1) is 9.66. The van der Waals surface area contributed by atoms with Gasteiger partial charge in [-0.15, -0.1) is 0 Å². The first-order valence-corrected chi connectivity index (χ1v) is 3.85. The molecule has 0 radical (unpaired) electrons. The molecule has 60 valence electrons. The summed E-state index contributed by atoms with van der Waals surface area (Å²) in [6, 6.07) is 0.161. The Kier molecular flexibility index (Phi) is 5.26. The Morgan fingerprint density at radius 1 is 1.60 bits per heavy atom. The zero-order valence-electron chi connectivity index (χ0n) is 6.77. The van der Waals surface area contributed by atoms with Gasteiger partial charge in [0.25, 0.3) is 0 Å². The first-order chi connectivity index (χ1) is 4.72. The standard InChI is InChI=1S/C8H18N2/c1-3-7(2)8(10)5-4-6-9/h8H,2-6,9-10H2,1H3. The topological polar surface area (TPSA) is 52.0 Å². The molecular formula is C8H18N2. The van der Waals surface area contributed by atoms with Crippen molar-refractivity contribution >= 4 is 0 Å². The van der Waals surface area contributed by atoms with Crippen LogP contribution >= 0.6 is 0 Å². The van der Waals surface area contributed by atoms with Gasteiger partial charge < -0.3 is 11.5 Å². The van der Waals surface area contributed by atoms with Crippen LogP contribution in [-0.4, -0.2) is 12.6 Å². The summed E-state index contributed by atoms with van der Waals surface area (Å²) < 4.78 is 0. The predicted molar refractivity (Wildman–Crippen MR) is 45.7 cm³/mol. The van der Waals surface area contributed by atoms with Gasteiger partial charge in [0.2, 0.25) is 0 Å². The van der Waals surface area contributed by atoms with Gasteiger partial charge in [-0.3, -0.25) is 0 Å². The van der Waals surface area contributed by atoms with Gasteiger partial charge in [-0.2, -0.15) is 0 Å². The van der Waals surface area contributed by atoms with Crippen molar-refractivity contribution in [2.24, 2.45) is 11.5 Å². The molecule has 0 aliphatic heterocycles. The third-order valence-electron chi connectivity index (χ3n) is 1.70. The fourth-order valence-corrected chi connectivity index (χ4v) is 0.804. The zero-order valence-corrected chi connectivity index (χ0v) is 6.77. The fourth-order valence-electron chi connectivity index (χ4n) is 0.804. The maximum Gasteiger partial charge on any atom is 0.0251 e. The maximum absolute atomic E-state index is 5.76. The number of rotatable bonds is 5. The minimum atomic E-state index is 0.161. The lowest BCUT2D eigenvalue weighted by atomic mass is 10.0. The van der Waals surface area contributed by atoms with Crippen LogP contribution in [0.2, 0.25) is 0 Å². The molecule has 1 unspecified atom stereocenters. The molecule has 10 heavy (non-hydrogen) atoms. The summed E-state index contributed by atoms with van der Waals surface area (Å²) in [4.78, 5) is 0. The molecule has 0 aromatic heterocycles. The normalized spacial score (nSPS) is 13.1. The Balaban J connectivity index is 3.41. The van der Waals surface area contributed by atoms with Crippen molar-refractivity contribution in [2.75, 3.05) is 6.54 Å². The van der Waals surface area contributed by atoms with Gasteiger partial charge in [-0.25, -0.2) is 0 Å². The predicted octanol–water partition coefficient (Wildman–Crippen LogP) is 1.02. The molecule has 0 aromatic rings. The molecule has 2 heteroatoms. The largest absolute Gasteiger partial charge is 0.330 e. The lowest BCUT2D eigenvalue weighted by Crippen LogP contribution is -2.22. The first-order valence-electron chi connectivity index (χ1n) is 3.85. The molecule has 0 bridgehead atoms. The molecule has 0 heterocycles. The Hall–Kier alpha value is -0.340. The van der Waals surface area contributed by atoms with E-state index in [1.165, 1.54) is 0 Å². The van der Waals surface area contributed by atoms with E-state index >= 15 is 0 Å². The van der Waals surface area contributed by atoms with Gasteiger partial charge >= 0.3 is 0 Å². The summed E-state index contributed by atoms with van der Waals surface area (Å²) in [5, 5.41) is 0. The van der Waals surface area contributed by atoms with E-state index in [1.807, 2.05) is 0 Å². The number of nitrogens with two attached hydrogens (primary N) is 2. The average Bonchev–Trinajstić information content (AvgIpc) is 1.98. The minimum Gasteiger partial charge on any atom is -0.330 e. The molecule has 0 aliphatic rings. The molecule has 2 nitrogen and oxygen atoms in total. The number of hydrogen-bond donors (Lipinski definition) is 2. The molecule has 4 N–H and O–H groups in total. The van der Waals surface area contributed by atoms with E-state index in [9.17, 15) is 0 Å². The maximum atomic E-state index is 5.76. The Labute approximate surface area is 63.3 Å². The van der Waals surface area contributed by atoms with Crippen molar-refractivity contribution in [3.8, 4) is 0 Å². The van der Waals surface area contributed by atoms with Crippen LogP contribution in [0.5, 0.6) is 0 Å². The van der Waals surface area contributed by atoms with Gasteiger partial charge in [-0.1, -0.05) is 19.1 Å². The van der Waals surface area contributed by atoms with Crippen LogP contribution in [0.1, 0.15) is 26.2 Å². The molecule has 0 saturated heterocycles. The van der Waals surface area contributed by atoms with E-state index < -0.39 is 0 Å². The minimum absolute atomic E-state index is 0.161. The summed E-state index contributed by atoms with van der Waals surface area (Å²) in [5.41, 5.74) is 12.2. The second-order valence-electron chi connectivity index (χ2n) is 2.55. The Morgan fingerprint density at radius 2 is 2.20 bits per heavy atom. The monoisotopic (exact) mass is 142 g/mol. The van der Waals surface area contributed by atoms with Gasteiger partial charge in [0.15, 0.2) is 0 Å². The van der Waals surface area contributed by atoms with Crippen molar-refractivity contribution in [3.63, 3.8) is 0 Å². The highest BCUT2D eigenvalue weighted by Crippen LogP contribution is 2.06. The number of hydrogen-bond acceptors (Lipinski definition) is 2. The third kappa shape index (κ3) is 3.64. The molecule has 0 aromatic carbocycles. The smallest absolute Gasteiger partial charge is 0.0251 e. The van der Waals surface area contributed by atoms with Crippen LogP contribution in [0.15, 0.2) is 12.2 Å². The molecule has 0 saturated carbocycles. The van der Waals surface area contributed by atoms with Crippen LogP contribution in [-0.2, 0) is 0 Å². The van der Waals surface area contributed by atoms with E-state index in [0.717, 1.165) is 31.4 Å². The Morgan fingerprint density at radius 3 is 2.60 bits per heavy atom. The van der Waals surface area contributed by atoms with Gasteiger partial charge in [-0.05, 0) is 25.8 Å². The summed E-state index contributed by atoms with van der Waals surface area (Å²) in [7, 11) is 0. The van der Waals surface area contributed by atoms with Crippen molar-refractivity contribution in [3.05, 3.63) is 12.2 Å². The highest BCUT2D eigenvalue weighted by molar-refractivity contribution is 5.02. The molecule has 0 spiro atoms. The highest BCUT2D eigenvalue weighted by atomic mass is 14.6.